The summed E-state index contributed by atoms with van der Waals surface area (Å²) in [5.74, 6) is 0.956. The summed E-state index contributed by atoms with van der Waals surface area (Å²) in [4.78, 5) is 4.25. The molecule has 0 amide bonds. The lowest BCUT2D eigenvalue weighted by atomic mass is 10.2. The van der Waals surface area contributed by atoms with Crippen LogP contribution in [0.2, 0.25) is 0 Å². The second-order valence-corrected chi connectivity index (χ2v) is 3.82. The molecule has 0 bridgehead atoms. The van der Waals surface area contributed by atoms with E-state index in [-0.39, 0.29) is 0 Å². The topological polar surface area (TPSA) is 24.9 Å². The number of pyridine rings is 1. The minimum Gasteiger partial charge on any atom is -0.312 e. The minimum atomic E-state index is 0.956. The van der Waals surface area contributed by atoms with Crippen molar-refractivity contribution in [2.45, 2.75) is 26.3 Å². The van der Waals surface area contributed by atoms with E-state index in [0.717, 1.165) is 18.2 Å². The van der Waals surface area contributed by atoms with Crippen molar-refractivity contribution in [3.63, 3.8) is 0 Å². The molecule has 1 heterocycles. The van der Waals surface area contributed by atoms with Crippen molar-refractivity contribution in [2.24, 2.45) is 5.92 Å². The third-order valence-corrected chi connectivity index (χ3v) is 2.56. The summed E-state index contributed by atoms with van der Waals surface area (Å²) in [6.45, 7) is 4.21. The van der Waals surface area contributed by atoms with Gasteiger partial charge in [0, 0.05) is 18.4 Å². The van der Waals surface area contributed by atoms with Crippen LogP contribution in [0.15, 0.2) is 18.3 Å². The fourth-order valence-electron chi connectivity index (χ4n) is 1.44. The van der Waals surface area contributed by atoms with Crippen LogP contribution < -0.4 is 5.32 Å². The molecule has 0 aromatic carbocycles. The van der Waals surface area contributed by atoms with Crippen molar-refractivity contribution in [1.29, 1.82) is 0 Å². The molecule has 1 N–H and O–H groups in total. The molecule has 0 unspecified atom stereocenters. The quantitative estimate of drug-likeness (QED) is 0.757. The smallest absolute Gasteiger partial charge is 0.0417 e. The molecular weight excluding hydrogens is 160 g/mol. The van der Waals surface area contributed by atoms with Gasteiger partial charge in [-0.15, -0.1) is 0 Å². The van der Waals surface area contributed by atoms with Gasteiger partial charge >= 0.3 is 0 Å². The molecule has 2 nitrogen and oxygen atoms in total. The maximum atomic E-state index is 4.25. The van der Waals surface area contributed by atoms with Gasteiger partial charge in [-0.25, -0.2) is 0 Å². The normalized spacial score (nSPS) is 16.1. The van der Waals surface area contributed by atoms with E-state index >= 15 is 0 Å². The highest BCUT2D eigenvalue weighted by atomic mass is 14.9. The fourth-order valence-corrected chi connectivity index (χ4v) is 1.44. The van der Waals surface area contributed by atoms with Crippen molar-refractivity contribution >= 4 is 0 Å². The summed E-state index contributed by atoms with van der Waals surface area (Å²) in [5, 5.41) is 3.46. The first-order valence-corrected chi connectivity index (χ1v) is 4.97. The minimum absolute atomic E-state index is 0.956. The van der Waals surface area contributed by atoms with E-state index in [2.05, 4.69) is 23.3 Å². The van der Waals surface area contributed by atoms with Crippen molar-refractivity contribution in [3.8, 4) is 0 Å². The summed E-state index contributed by atoms with van der Waals surface area (Å²) >= 11 is 0. The standard InChI is InChI=1S/C11H16N2/c1-9-11(3-2-6-13-9)8-12-7-10-4-5-10/h2-3,6,10,12H,4-5,7-8H2,1H3. The van der Waals surface area contributed by atoms with Gasteiger partial charge in [0.2, 0.25) is 0 Å². The number of hydrogen-bond donors (Lipinski definition) is 1. The average Bonchev–Trinajstić information content (AvgIpc) is 2.92. The van der Waals surface area contributed by atoms with Crippen LogP contribution >= 0.6 is 0 Å². The maximum absolute atomic E-state index is 4.25. The zero-order chi connectivity index (χ0) is 9.10. The summed E-state index contributed by atoms with van der Waals surface area (Å²) in [5.41, 5.74) is 2.47. The van der Waals surface area contributed by atoms with Gasteiger partial charge in [0.05, 0.1) is 0 Å². The first-order valence-electron chi connectivity index (χ1n) is 4.97. The Morgan fingerprint density at radius 1 is 1.54 bits per heavy atom. The lowest BCUT2D eigenvalue weighted by Crippen LogP contribution is -2.16. The predicted molar refractivity (Wildman–Crippen MR) is 53.4 cm³/mol. The molecule has 1 aliphatic rings. The highest BCUT2D eigenvalue weighted by molar-refractivity contribution is 5.17. The molecule has 13 heavy (non-hydrogen) atoms. The van der Waals surface area contributed by atoms with Crippen LogP contribution in [0.4, 0.5) is 0 Å². The Morgan fingerprint density at radius 3 is 3.08 bits per heavy atom. The molecule has 0 spiro atoms. The third kappa shape index (κ3) is 2.52. The second-order valence-electron chi connectivity index (χ2n) is 3.82. The third-order valence-electron chi connectivity index (χ3n) is 2.56. The van der Waals surface area contributed by atoms with E-state index in [0.29, 0.717) is 0 Å². The predicted octanol–water partition coefficient (Wildman–Crippen LogP) is 1.89. The Balaban J connectivity index is 1.82. The van der Waals surface area contributed by atoms with Gasteiger partial charge in [-0.3, -0.25) is 4.98 Å². The van der Waals surface area contributed by atoms with Crippen LogP contribution in [-0.4, -0.2) is 11.5 Å². The van der Waals surface area contributed by atoms with Crippen molar-refractivity contribution in [3.05, 3.63) is 29.6 Å². The molecule has 1 saturated carbocycles. The Bertz CT molecular complexity index is 279. The molecule has 70 valence electrons. The molecule has 2 heteroatoms. The van der Waals surface area contributed by atoms with Gasteiger partial charge in [-0.2, -0.15) is 0 Å². The van der Waals surface area contributed by atoms with E-state index in [1.54, 1.807) is 0 Å². The molecule has 0 radical (unpaired) electrons. The van der Waals surface area contributed by atoms with Crippen LogP contribution in [0, 0.1) is 12.8 Å². The maximum Gasteiger partial charge on any atom is 0.0417 e. The Labute approximate surface area is 79.4 Å². The molecule has 1 fully saturated rings. The van der Waals surface area contributed by atoms with E-state index in [1.807, 2.05) is 12.3 Å². The van der Waals surface area contributed by atoms with E-state index in [4.69, 9.17) is 0 Å². The molecule has 2 rings (SSSR count). The van der Waals surface area contributed by atoms with Crippen LogP contribution in [0.5, 0.6) is 0 Å². The summed E-state index contributed by atoms with van der Waals surface area (Å²) in [6.07, 6.45) is 4.68. The van der Waals surface area contributed by atoms with Gasteiger partial charge < -0.3 is 5.32 Å². The largest absolute Gasteiger partial charge is 0.312 e. The van der Waals surface area contributed by atoms with Crippen LogP contribution in [-0.2, 0) is 6.54 Å². The Kier molecular flexibility index (Phi) is 2.60. The number of aryl methyl sites for hydroxylation is 1. The number of rotatable bonds is 4. The van der Waals surface area contributed by atoms with Crippen molar-refractivity contribution in [1.82, 2.24) is 10.3 Å². The zero-order valence-electron chi connectivity index (χ0n) is 8.09. The van der Waals surface area contributed by atoms with Gasteiger partial charge in [0.15, 0.2) is 0 Å². The second kappa shape index (κ2) is 3.88. The van der Waals surface area contributed by atoms with Crippen molar-refractivity contribution < 1.29 is 0 Å². The lowest BCUT2D eigenvalue weighted by molar-refractivity contribution is 0.635. The number of hydrogen-bond acceptors (Lipinski definition) is 2. The van der Waals surface area contributed by atoms with E-state index in [9.17, 15) is 0 Å². The van der Waals surface area contributed by atoms with Crippen LogP contribution in [0.3, 0.4) is 0 Å². The molecule has 1 aromatic heterocycles. The lowest BCUT2D eigenvalue weighted by Gasteiger charge is -2.05. The highest BCUT2D eigenvalue weighted by Crippen LogP contribution is 2.27. The van der Waals surface area contributed by atoms with E-state index < -0.39 is 0 Å². The Hall–Kier alpha value is -0.890. The van der Waals surface area contributed by atoms with Gasteiger partial charge in [-0.1, -0.05) is 6.07 Å². The highest BCUT2D eigenvalue weighted by Gasteiger charge is 2.20. The zero-order valence-corrected chi connectivity index (χ0v) is 8.09. The van der Waals surface area contributed by atoms with Crippen LogP contribution in [0.1, 0.15) is 24.1 Å². The first kappa shape index (κ1) is 8.70. The number of nitrogens with zero attached hydrogens (tertiary/aromatic N) is 1. The molecule has 0 aliphatic heterocycles. The van der Waals surface area contributed by atoms with Crippen LogP contribution in [0.25, 0.3) is 0 Å². The van der Waals surface area contributed by atoms with Gasteiger partial charge in [0.25, 0.3) is 0 Å². The molecule has 0 atom stereocenters. The molecule has 1 aliphatic carbocycles. The first-order chi connectivity index (χ1) is 6.36. The summed E-state index contributed by atoms with van der Waals surface area (Å²) in [6, 6.07) is 4.14. The number of aromatic nitrogens is 1. The van der Waals surface area contributed by atoms with E-state index in [1.165, 1.54) is 24.9 Å². The van der Waals surface area contributed by atoms with Gasteiger partial charge in [0.1, 0.15) is 0 Å². The van der Waals surface area contributed by atoms with Crippen molar-refractivity contribution in [2.75, 3.05) is 6.54 Å². The number of nitrogens with one attached hydrogen (secondary N) is 1. The van der Waals surface area contributed by atoms with Gasteiger partial charge in [-0.05, 0) is 43.9 Å². The summed E-state index contributed by atoms with van der Waals surface area (Å²) in [7, 11) is 0. The SMILES string of the molecule is Cc1ncccc1CNCC1CC1. The molecule has 0 saturated heterocycles. The molecular formula is C11H16N2. The average molecular weight is 176 g/mol. The Morgan fingerprint density at radius 2 is 2.38 bits per heavy atom. The molecule has 1 aromatic rings. The monoisotopic (exact) mass is 176 g/mol. The summed E-state index contributed by atoms with van der Waals surface area (Å²) < 4.78 is 0. The fraction of sp³-hybridized carbons (Fsp3) is 0.545.